The van der Waals surface area contributed by atoms with Crippen molar-refractivity contribution in [2.75, 3.05) is 48.6 Å². The van der Waals surface area contributed by atoms with E-state index in [2.05, 4.69) is 5.32 Å². The zero-order chi connectivity index (χ0) is 28.8. The van der Waals surface area contributed by atoms with Crippen molar-refractivity contribution < 1.29 is 28.5 Å². The number of carbonyl (C=O) groups is 1. The molecule has 0 heterocycles. The van der Waals surface area contributed by atoms with Gasteiger partial charge in [0.1, 0.15) is 0 Å². The smallest absolute Gasteiger partial charge is 0.253 e. The number of hydrogen-bond donors (Lipinski definition) is 2. The van der Waals surface area contributed by atoms with E-state index < -0.39 is 6.10 Å². The summed E-state index contributed by atoms with van der Waals surface area (Å²) in [6.07, 6.45) is 0.750. The highest BCUT2D eigenvalue weighted by Gasteiger charge is 2.20. The highest BCUT2D eigenvalue weighted by Crippen LogP contribution is 2.29. The van der Waals surface area contributed by atoms with Crippen LogP contribution in [0.2, 0.25) is 10.0 Å². The van der Waals surface area contributed by atoms with Gasteiger partial charge in [0, 0.05) is 13.7 Å². The number of ether oxygens (including phenoxy) is 5. The maximum Gasteiger partial charge on any atom is 0.253 e. The lowest BCUT2D eigenvalue weighted by atomic mass is 10.1. The van der Waals surface area contributed by atoms with Crippen LogP contribution in [0.25, 0.3) is 0 Å². The van der Waals surface area contributed by atoms with Crippen LogP contribution < -0.4 is 30.0 Å². The molecule has 1 amide bonds. The molecule has 0 saturated carbocycles. The van der Waals surface area contributed by atoms with Crippen molar-refractivity contribution in [1.29, 1.82) is 0 Å². The van der Waals surface area contributed by atoms with Crippen LogP contribution in [0.5, 0.6) is 23.0 Å². The molecule has 3 rings (SSSR count). The predicted molar refractivity (Wildman–Crippen MR) is 155 cm³/mol. The van der Waals surface area contributed by atoms with Crippen LogP contribution >= 0.6 is 23.2 Å². The van der Waals surface area contributed by atoms with E-state index in [9.17, 15) is 4.79 Å². The second-order valence-corrected chi connectivity index (χ2v) is 9.06. The molecule has 0 radical (unpaired) electrons. The zero-order valence-electron chi connectivity index (χ0n) is 22.9. The van der Waals surface area contributed by atoms with Crippen LogP contribution in [0.3, 0.4) is 0 Å². The van der Waals surface area contributed by atoms with E-state index in [4.69, 9.17) is 52.6 Å². The Bertz CT molecular complexity index is 1210. The molecule has 3 aromatic rings. The van der Waals surface area contributed by atoms with Crippen LogP contribution in [0.4, 0.5) is 0 Å². The molecule has 0 saturated heterocycles. The molecular formula is C29H36Cl2N2O6. The van der Waals surface area contributed by atoms with E-state index in [1.807, 2.05) is 36.4 Å². The van der Waals surface area contributed by atoms with E-state index >= 15 is 0 Å². The molecule has 0 aliphatic carbocycles. The van der Waals surface area contributed by atoms with Crippen molar-refractivity contribution in [2.24, 2.45) is 5.73 Å². The fourth-order valence-electron chi connectivity index (χ4n) is 3.73. The summed E-state index contributed by atoms with van der Waals surface area (Å²) in [5, 5.41) is 3.68. The van der Waals surface area contributed by atoms with Crippen LogP contribution in [0.15, 0.2) is 54.6 Å². The van der Waals surface area contributed by atoms with E-state index in [0.717, 1.165) is 23.5 Å². The summed E-state index contributed by atoms with van der Waals surface area (Å²) >= 11 is 11.9. The molecule has 0 aliphatic heterocycles. The van der Waals surface area contributed by atoms with Gasteiger partial charge in [0.15, 0.2) is 29.1 Å². The molecule has 0 bridgehead atoms. The topological polar surface area (TPSA) is 101 Å². The molecule has 1 atom stereocenters. The molecule has 3 N–H and O–H groups in total. The number of rotatable bonds is 12. The Morgan fingerprint density at radius 3 is 1.74 bits per heavy atom. The van der Waals surface area contributed by atoms with E-state index in [1.54, 1.807) is 46.6 Å². The quantitative estimate of drug-likeness (QED) is 0.302. The van der Waals surface area contributed by atoms with Crippen molar-refractivity contribution in [3.05, 3.63) is 81.3 Å². The number of carbonyl (C=O) groups excluding carboxylic acids is 1. The summed E-state index contributed by atoms with van der Waals surface area (Å²) in [5.41, 5.74) is 8.28. The minimum absolute atomic E-state index is 0.244. The van der Waals surface area contributed by atoms with Gasteiger partial charge in [-0.05, 0) is 72.5 Å². The Balaban J connectivity index is 0.000000344. The summed E-state index contributed by atoms with van der Waals surface area (Å²) in [6, 6.07) is 16.5. The Labute approximate surface area is 240 Å². The third-order valence-electron chi connectivity index (χ3n) is 5.76. The number of amides is 1. The molecule has 0 spiro atoms. The van der Waals surface area contributed by atoms with Crippen LogP contribution in [0, 0.1) is 0 Å². The Morgan fingerprint density at radius 1 is 0.744 bits per heavy atom. The van der Waals surface area contributed by atoms with Gasteiger partial charge in [-0.25, -0.2) is 0 Å². The molecule has 0 aliphatic rings. The van der Waals surface area contributed by atoms with Gasteiger partial charge < -0.3 is 34.7 Å². The molecule has 212 valence electrons. The summed E-state index contributed by atoms with van der Waals surface area (Å²) in [7, 11) is 7.90. The first kappa shape index (κ1) is 32.0. The minimum atomic E-state index is -0.754. The monoisotopic (exact) mass is 578 g/mol. The van der Waals surface area contributed by atoms with Gasteiger partial charge in [0.05, 0.1) is 38.5 Å². The summed E-state index contributed by atoms with van der Waals surface area (Å²) < 4.78 is 26.1. The van der Waals surface area contributed by atoms with Gasteiger partial charge in [-0.15, -0.1) is 0 Å². The number of benzene rings is 3. The summed E-state index contributed by atoms with van der Waals surface area (Å²) in [5.74, 6) is 2.59. The molecule has 0 fully saturated rings. The Morgan fingerprint density at radius 2 is 1.28 bits per heavy atom. The summed E-state index contributed by atoms with van der Waals surface area (Å²) in [6.45, 7) is 1.10. The minimum Gasteiger partial charge on any atom is -0.493 e. The maximum atomic E-state index is 12.4. The van der Waals surface area contributed by atoms with Crippen molar-refractivity contribution in [3.8, 4) is 23.0 Å². The normalized spacial score (nSPS) is 11.1. The summed E-state index contributed by atoms with van der Waals surface area (Å²) in [4.78, 5) is 12.4. The second-order valence-electron chi connectivity index (χ2n) is 8.25. The first-order chi connectivity index (χ1) is 18.8. The lowest BCUT2D eigenvalue weighted by Crippen LogP contribution is -2.32. The van der Waals surface area contributed by atoms with Gasteiger partial charge in [0.25, 0.3) is 5.91 Å². The Kier molecular flexibility index (Phi) is 13.7. The van der Waals surface area contributed by atoms with Crippen molar-refractivity contribution in [3.63, 3.8) is 0 Å². The first-order valence-electron chi connectivity index (χ1n) is 12.2. The number of nitrogens with two attached hydrogens (primary N) is 1. The lowest BCUT2D eigenvalue weighted by molar-refractivity contribution is -0.131. The Hall–Kier alpha value is -3.17. The van der Waals surface area contributed by atoms with Crippen LogP contribution in [-0.2, 0) is 22.4 Å². The predicted octanol–water partition coefficient (Wildman–Crippen LogP) is 5.26. The van der Waals surface area contributed by atoms with E-state index in [0.29, 0.717) is 46.6 Å². The average molecular weight is 580 g/mol. The maximum absolute atomic E-state index is 12.4. The molecular weight excluding hydrogens is 543 g/mol. The van der Waals surface area contributed by atoms with E-state index in [-0.39, 0.29) is 5.91 Å². The highest BCUT2D eigenvalue weighted by molar-refractivity contribution is 6.42. The third kappa shape index (κ3) is 9.51. The zero-order valence-corrected chi connectivity index (χ0v) is 24.4. The standard InChI is InChI=1S/C19H21Cl2NO4.C10H15NO2/c1-24-16-7-4-12(10-17(16)25-2)8-9-22-19(23)18(26-3)13-5-6-14(20)15(21)11-13;1-12-9-4-3-8(5-6-11)7-10(9)13-2/h4-7,10-11,18H,8-9H2,1-3H3,(H,22,23);3-4,7H,5-6,11H2,1-2H3. The largest absolute Gasteiger partial charge is 0.493 e. The second kappa shape index (κ2) is 16.7. The van der Waals surface area contributed by atoms with Gasteiger partial charge >= 0.3 is 0 Å². The first-order valence-corrected chi connectivity index (χ1v) is 12.9. The van der Waals surface area contributed by atoms with Gasteiger partial charge in [-0.2, -0.15) is 0 Å². The fourth-order valence-corrected chi connectivity index (χ4v) is 4.04. The van der Waals surface area contributed by atoms with Gasteiger partial charge in [-0.1, -0.05) is 41.4 Å². The van der Waals surface area contributed by atoms with Crippen LogP contribution in [0.1, 0.15) is 22.8 Å². The van der Waals surface area contributed by atoms with Crippen molar-refractivity contribution >= 4 is 29.1 Å². The number of halogens is 2. The van der Waals surface area contributed by atoms with Crippen LogP contribution in [-0.4, -0.2) is 54.5 Å². The fraction of sp³-hybridized carbons (Fsp3) is 0.345. The SMILES string of the molecule is COc1ccc(CCN)cc1OC.COc1ccc(CCNC(=O)C(OC)c2ccc(Cl)c(Cl)c2)cc1OC. The molecule has 3 aromatic carbocycles. The average Bonchev–Trinajstić information content (AvgIpc) is 2.95. The lowest BCUT2D eigenvalue weighted by Gasteiger charge is -2.16. The number of hydrogen-bond acceptors (Lipinski definition) is 7. The molecule has 39 heavy (non-hydrogen) atoms. The van der Waals surface area contributed by atoms with E-state index in [1.165, 1.54) is 12.7 Å². The van der Waals surface area contributed by atoms with Crippen molar-refractivity contribution in [2.45, 2.75) is 18.9 Å². The number of methoxy groups -OCH3 is 5. The molecule has 0 aromatic heterocycles. The van der Waals surface area contributed by atoms with Crippen molar-refractivity contribution in [1.82, 2.24) is 5.32 Å². The number of nitrogens with one attached hydrogen (secondary N) is 1. The third-order valence-corrected chi connectivity index (χ3v) is 6.50. The molecule has 8 nitrogen and oxygen atoms in total. The highest BCUT2D eigenvalue weighted by atomic mass is 35.5. The molecule has 1 unspecified atom stereocenters. The molecule has 10 heteroatoms. The van der Waals surface area contributed by atoms with Gasteiger partial charge in [-0.3, -0.25) is 4.79 Å². The van der Waals surface area contributed by atoms with Gasteiger partial charge in [0.2, 0.25) is 0 Å².